The smallest absolute Gasteiger partial charge is 0.335 e. The van der Waals surface area contributed by atoms with E-state index in [1.54, 1.807) is 0 Å². The zero-order valence-electron chi connectivity index (χ0n) is 21.4. The van der Waals surface area contributed by atoms with E-state index in [0.29, 0.717) is 0 Å². The summed E-state index contributed by atoms with van der Waals surface area (Å²) in [5.74, 6) is 3.53. The lowest BCUT2D eigenvalue weighted by Gasteiger charge is -1.98. The second-order valence-electron chi connectivity index (χ2n) is 6.96. The van der Waals surface area contributed by atoms with Crippen LogP contribution < -0.4 is 0 Å². The molecule has 0 bridgehead atoms. The van der Waals surface area contributed by atoms with E-state index in [9.17, 15) is 0 Å². The molecule has 0 unspecified atom stereocenters. The van der Waals surface area contributed by atoms with Crippen molar-refractivity contribution in [1.82, 2.24) is 28.7 Å². The molecule has 0 aromatic carbocycles. The molecule has 3 N–H and O–H groups in total. The third kappa shape index (κ3) is 12.7. The van der Waals surface area contributed by atoms with Gasteiger partial charge in [-0.3, -0.25) is 0 Å². The summed E-state index contributed by atoms with van der Waals surface area (Å²) in [6, 6.07) is 0. The van der Waals surface area contributed by atoms with Crippen LogP contribution in [0.15, 0.2) is 37.2 Å². The fourth-order valence-corrected chi connectivity index (χ4v) is 2.83. The maximum atomic E-state index is 8.05. The first-order valence-electron chi connectivity index (χ1n) is 11.8. The molecule has 3 aromatic heterocycles. The van der Waals surface area contributed by atoms with Crippen molar-refractivity contribution in [3.05, 3.63) is 54.7 Å². The molecule has 0 atom stereocenters. The average Bonchev–Trinajstić information content (AvgIpc) is 3.58. The maximum Gasteiger partial charge on any atom is 0.403 e. The molecular formula is C23H44N6O3P+. The van der Waals surface area contributed by atoms with Crippen LogP contribution in [0.2, 0.25) is 0 Å². The van der Waals surface area contributed by atoms with E-state index in [4.69, 9.17) is 14.7 Å². The van der Waals surface area contributed by atoms with Crippen molar-refractivity contribution in [1.29, 1.82) is 0 Å². The van der Waals surface area contributed by atoms with E-state index in [2.05, 4.69) is 70.2 Å². The molecule has 0 aliphatic heterocycles. The minimum Gasteiger partial charge on any atom is -0.335 e. The highest BCUT2D eigenvalue weighted by Gasteiger charge is 2.24. The topological polar surface area (TPSA) is 114 Å². The van der Waals surface area contributed by atoms with Crippen molar-refractivity contribution in [3.63, 3.8) is 0 Å². The minimum atomic E-state index is -3.40. The zero-order valence-corrected chi connectivity index (χ0v) is 22.3. The van der Waals surface area contributed by atoms with Crippen LogP contribution in [0.1, 0.15) is 65.9 Å². The van der Waals surface area contributed by atoms with Gasteiger partial charge in [0.15, 0.2) is 0 Å². The quantitative estimate of drug-likeness (QED) is 0.435. The van der Waals surface area contributed by atoms with Crippen molar-refractivity contribution >= 4 is 7.94 Å². The van der Waals surface area contributed by atoms with E-state index < -0.39 is 7.94 Å². The largest absolute Gasteiger partial charge is 0.403 e. The van der Waals surface area contributed by atoms with Gasteiger partial charge in [-0.1, -0.05) is 20.8 Å². The summed E-state index contributed by atoms with van der Waals surface area (Å²) in [6.45, 7) is 17.3. The van der Waals surface area contributed by atoms with Crippen LogP contribution in [0.25, 0.3) is 0 Å². The van der Waals surface area contributed by atoms with E-state index in [-0.39, 0.29) is 6.16 Å². The molecule has 0 fully saturated rings. The maximum absolute atomic E-state index is 8.05. The Hall–Kier alpha value is -2.06. The lowest BCUT2D eigenvalue weighted by Crippen LogP contribution is -1.98. The van der Waals surface area contributed by atoms with Gasteiger partial charge >= 0.3 is 7.94 Å². The molecule has 10 heteroatoms. The Morgan fingerprint density at radius 3 is 0.939 bits per heavy atom. The van der Waals surface area contributed by atoms with Crippen molar-refractivity contribution in [3.8, 4) is 0 Å². The summed E-state index contributed by atoms with van der Waals surface area (Å²) in [6.07, 6.45) is 14.7. The van der Waals surface area contributed by atoms with Crippen LogP contribution in [0.3, 0.4) is 0 Å². The number of aromatic nitrogens is 6. The molecule has 3 heterocycles. The summed E-state index contributed by atoms with van der Waals surface area (Å²) < 4.78 is 6.46. The van der Waals surface area contributed by atoms with E-state index in [0.717, 1.165) is 38.9 Å². The zero-order chi connectivity index (χ0) is 25.3. The minimum absolute atomic E-state index is 0.0486. The highest BCUT2D eigenvalue weighted by molar-refractivity contribution is 7.58. The van der Waals surface area contributed by atoms with Gasteiger partial charge in [0.2, 0.25) is 0 Å². The normalized spacial score (nSPS) is 10.4. The Kier molecular flexibility index (Phi) is 16.3. The van der Waals surface area contributed by atoms with Crippen molar-refractivity contribution in [2.24, 2.45) is 0 Å². The molecule has 0 saturated carbocycles. The molecule has 188 valence electrons. The molecular weight excluding hydrogens is 439 g/mol. The molecule has 0 radical (unpaired) electrons. The Labute approximate surface area is 199 Å². The fraction of sp³-hybridized carbons (Fsp3) is 0.609. The number of nitrogens with zero attached hydrogens (tertiary/aromatic N) is 6. The van der Waals surface area contributed by atoms with E-state index in [1.165, 1.54) is 24.4 Å². The first-order chi connectivity index (χ1) is 15.7. The lowest BCUT2D eigenvalue weighted by atomic mass is 10.4. The van der Waals surface area contributed by atoms with E-state index >= 15 is 0 Å². The number of imidazole rings is 3. The summed E-state index contributed by atoms with van der Waals surface area (Å²) in [5, 5.41) is 0. The van der Waals surface area contributed by atoms with Crippen LogP contribution in [0.4, 0.5) is 0 Å². The first-order valence-corrected chi connectivity index (χ1v) is 13.6. The Balaban J connectivity index is 0.000000419. The number of rotatable bonds is 7. The predicted molar refractivity (Wildman–Crippen MR) is 136 cm³/mol. The van der Waals surface area contributed by atoms with Gasteiger partial charge in [0.25, 0.3) is 0 Å². The van der Waals surface area contributed by atoms with Crippen LogP contribution in [0, 0.1) is 0 Å². The molecule has 0 amide bonds. The third-order valence-electron chi connectivity index (χ3n) is 4.80. The van der Waals surface area contributed by atoms with Gasteiger partial charge in [-0.15, -0.1) is 0 Å². The Morgan fingerprint density at radius 2 is 0.818 bits per heavy atom. The van der Waals surface area contributed by atoms with Crippen molar-refractivity contribution in [2.75, 3.05) is 6.16 Å². The molecule has 0 aliphatic carbocycles. The molecule has 0 spiro atoms. The molecule has 3 aromatic rings. The molecule has 3 rings (SSSR count). The average molecular weight is 484 g/mol. The predicted octanol–water partition coefficient (Wildman–Crippen LogP) is 4.14. The summed E-state index contributed by atoms with van der Waals surface area (Å²) in [7, 11) is -3.40. The van der Waals surface area contributed by atoms with Gasteiger partial charge in [-0.25, -0.2) is 15.0 Å². The van der Waals surface area contributed by atoms with Gasteiger partial charge in [0, 0.05) is 76.1 Å². The highest BCUT2D eigenvalue weighted by atomic mass is 31.2. The van der Waals surface area contributed by atoms with Gasteiger partial charge in [0.05, 0.1) is 0 Å². The summed E-state index contributed by atoms with van der Waals surface area (Å²) in [5.41, 5.74) is 0. The monoisotopic (exact) mass is 483 g/mol. The van der Waals surface area contributed by atoms with Crippen LogP contribution in [-0.2, 0) is 38.9 Å². The molecule has 33 heavy (non-hydrogen) atoms. The van der Waals surface area contributed by atoms with Gasteiger partial charge in [-0.05, 0) is 27.7 Å². The number of hydrogen-bond acceptors (Lipinski definition) is 6. The molecule has 0 saturated heterocycles. The van der Waals surface area contributed by atoms with E-state index in [1.807, 2.05) is 37.2 Å². The highest BCUT2D eigenvalue weighted by Crippen LogP contribution is 2.43. The summed E-state index contributed by atoms with van der Waals surface area (Å²) in [4.78, 5) is 36.7. The van der Waals surface area contributed by atoms with Gasteiger partial charge in [0.1, 0.15) is 23.6 Å². The standard InChI is InChI=1S/3C7H12N2.C2H8O3P/c3*1-3-7-8-5-6-9(7)4-2;1-2-6(3,4)5/h3*5-6H,3-4H2,1-2H3;3-5H,2H2,1H3/q;;;+1. The van der Waals surface area contributed by atoms with Crippen LogP contribution >= 0.6 is 7.94 Å². The number of hydrogen-bond donors (Lipinski definition) is 3. The SMILES string of the molecule is CC[P+](O)(O)O.CCc1nccn1CC.CCc1nccn1CC.CCc1nccn1CC. The lowest BCUT2D eigenvalue weighted by molar-refractivity contribution is 0.332. The number of aryl methyl sites for hydroxylation is 6. The van der Waals surface area contributed by atoms with Crippen LogP contribution in [0.5, 0.6) is 0 Å². The fourth-order valence-electron chi connectivity index (χ4n) is 2.83. The first kappa shape index (κ1) is 30.9. The van der Waals surface area contributed by atoms with Gasteiger partial charge in [-0.2, -0.15) is 14.7 Å². The van der Waals surface area contributed by atoms with Crippen molar-refractivity contribution in [2.45, 2.75) is 87.4 Å². The Bertz CT molecular complexity index is 698. The third-order valence-corrected chi connectivity index (χ3v) is 5.65. The second-order valence-corrected chi connectivity index (χ2v) is 8.98. The summed E-state index contributed by atoms with van der Waals surface area (Å²) >= 11 is 0. The van der Waals surface area contributed by atoms with Crippen LogP contribution in [-0.4, -0.2) is 49.5 Å². The van der Waals surface area contributed by atoms with Crippen molar-refractivity contribution < 1.29 is 14.7 Å². The van der Waals surface area contributed by atoms with Gasteiger partial charge < -0.3 is 13.7 Å². The second kappa shape index (κ2) is 17.4. The Morgan fingerprint density at radius 1 is 0.576 bits per heavy atom. The molecule has 9 nitrogen and oxygen atoms in total. The molecule has 0 aliphatic rings.